The van der Waals surface area contributed by atoms with Crippen molar-refractivity contribution in [1.82, 2.24) is 5.32 Å². The summed E-state index contributed by atoms with van der Waals surface area (Å²) in [6.45, 7) is 5.71. The molecule has 0 saturated heterocycles. The van der Waals surface area contributed by atoms with Gasteiger partial charge in [-0.25, -0.2) is 0 Å². The van der Waals surface area contributed by atoms with Crippen molar-refractivity contribution in [3.8, 4) is 0 Å². The van der Waals surface area contributed by atoms with Gasteiger partial charge >= 0.3 is 0 Å². The molecule has 4 nitrogen and oxygen atoms in total. The molecule has 0 spiro atoms. The van der Waals surface area contributed by atoms with Gasteiger partial charge in [0.15, 0.2) is 0 Å². The Morgan fingerprint density at radius 3 is 2.31 bits per heavy atom. The summed E-state index contributed by atoms with van der Waals surface area (Å²) in [5.41, 5.74) is -0.658. The fourth-order valence-corrected chi connectivity index (χ4v) is 2.17. The maximum absolute atomic E-state index is 11.2. The Labute approximate surface area is 88.3 Å². The van der Waals surface area contributed by atoms with Gasteiger partial charge in [-0.1, -0.05) is 15.9 Å². The molecule has 0 aromatic heterocycles. The molecule has 0 fully saturated rings. The minimum absolute atomic E-state index is 0.143. The lowest BCUT2D eigenvalue weighted by Gasteiger charge is -2.18. The van der Waals surface area contributed by atoms with Gasteiger partial charge in [-0.15, -0.1) is 0 Å². The van der Waals surface area contributed by atoms with Crippen LogP contribution in [0.25, 0.3) is 0 Å². The normalized spacial score (nSPS) is 13.2. The van der Waals surface area contributed by atoms with E-state index in [0.29, 0.717) is 6.54 Å². The van der Waals surface area contributed by atoms with E-state index in [4.69, 9.17) is 4.18 Å². The first-order valence-corrected chi connectivity index (χ1v) is 6.67. The van der Waals surface area contributed by atoms with Gasteiger partial charge in [0.1, 0.15) is 5.88 Å². The van der Waals surface area contributed by atoms with Crippen LogP contribution in [0.3, 0.4) is 0 Å². The lowest BCUT2D eigenvalue weighted by atomic mass is 10.2. The van der Waals surface area contributed by atoms with Crippen LogP contribution in [0.5, 0.6) is 0 Å². The highest BCUT2D eigenvalue weighted by Gasteiger charge is 2.20. The van der Waals surface area contributed by atoms with E-state index in [9.17, 15) is 8.42 Å². The summed E-state index contributed by atoms with van der Waals surface area (Å²) in [7, 11) is -3.44. The van der Waals surface area contributed by atoms with Crippen LogP contribution in [0, 0.1) is 0 Å². The van der Waals surface area contributed by atoms with Gasteiger partial charge in [0.25, 0.3) is 10.1 Å². The second kappa shape index (κ2) is 5.29. The standard InChI is InChI=1S/C7H16BrNO3S/c1-7(2,3)12-13(10,11)6-9-5-4-8/h9H,4-6H2,1-3H3. The molecule has 0 aromatic carbocycles. The molecular formula is C7H16BrNO3S. The maximum Gasteiger partial charge on any atom is 0.281 e. The minimum Gasteiger partial charge on any atom is -0.301 e. The molecule has 0 unspecified atom stereocenters. The van der Waals surface area contributed by atoms with Crippen LogP contribution in [0.15, 0.2) is 0 Å². The van der Waals surface area contributed by atoms with Gasteiger partial charge in [-0.05, 0) is 20.8 Å². The van der Waals surface area contributed by atoms with Gasteiger partial charge in [0, 0.05) is 11.9 Å². The minimum atomic E-state index is -3.44. The number of hydrogen-bond donors (Lipinski definition) is 1. The fraction of sp³-hybridized carbons (Fsp3) is 1.00. The SMILES string of the molecule is CC(C)(C)OS(=O)(=O)CNCCBr. The first kappa shape index (κ1) is 13.4. The smallest absolute Gasteiger partial charge is 0.281 e. The van der Waals surface area contributed by atoms with Crippen molar-refractivity contribution >= 4 is 26.0 Å². The van der Waals surface area contributed by atoms with E-state index in [2.05, 4.69) is 21.2 Å². The summed E-state index contributed by atoms with van der Waals surface area (Å²) in [5, 5.41) is 3.46. The van der Waals surface area contributed by atoms with Crippen molar-refractivity contribution in [3.63, 3.8) is 0 Å². The Morgan fingerprint density at radius 2 is 1.92 bits per heavy atom. The Morgan fingerprint density at radius 1 is 1.38 bits per heavy atom. The second-order valence-corrected chi connectivity index (χ2v) is 5.95. The molecule has 0 rings (SSSR count). The monoisotopic (exact) mass is 273 g/mol. The third-order valence-corrected chi connectivity index (χ3v) is 2.64. The summed E-state index contributed by atoms with van der Waals surface area (Å²) in [6, 6.07) is 0. The number of hydrogen-bond acceptors (Lipinski definition) is 4. The first-order chi connectivity index (χ1) is 5.77. The molecule has 0 saturated carbocycles. The topological polar surface area (TPSA) is 55.4 Å². The van der Waals surface area contributed by atoms with E-state index in [1.807, 2.05) is 0 Å². The summed E-state index contributed by atoms with van der Waals surface area (Å²) in [6.07, 6.45) is 0. The van der Waals surface area contributed by atoms with Gasteiger partial charge in [0.2, 0.25) is 0 Å². The average Bonchev–Trinajstić information content (AvgIpc) is 1.81. The number of halogens is 1. The van der Waals surface area contributed by atoms with Crippen molar-refractivity contribution in [2.75, 3.05) is 17.8 Å². The van der Waals surface area contributed by atoms with Gasteiger partial charge < -0.3 is 5.32 Å². The van der Waals surface area contributed by atoms with Crippen LogP contribution in [-0.2, 0) is 14.3 Å². The van der Waals surface area contributed by atoms with Gasteiger partial charge in [0.05, 0.1) is 5.60 Å². The number of alkyl halides is 1. The summed E-state index contributed by atoms with van der Waals surface area (Å²) >= 11 is 3.18. The molecule has 0 radical (unpaired) electrons. The molecule has 13 heavy (non-hydrogen) atoms. The molecule has 80 valence electrons. The molecule has 1 N–H and O–H groups in total. The Balaban J connectivity index is 3.96. The van der Waals surface area contributed by atoms with Crippen LogP contribution < -0.4 is 5.32 Å². The van der Waals surface area contributed by atoms with Crippen molar-refractivity contribution in [3.05, 3.63) is 0 Å². The highest BCUT2D eigenvalue weighted by atomic mass is 79.9. The summed E-state index contributed by atoms with van der Waals surface area (Å²) in [5.74, 6) is -0.143. The van der Waals surface area contributed by atoms with Crippen molar-refractivity contribution in [1.29, 1.82) is 0 Å². The highest BCUT2D eigenvalue weighted by Crippen LogP contribution is 2.10. The van der Waals surface area contributed by atoms with Crippen LogP contribution in [0.2, 0.25) is 0 Å². The Kier molecular flexibility index (Phi) is 5.43. The predicted molar refractivity (Wildman–Crippen MR) is 56.4 cm³/mol. The first-order valence-electron chi connectivity index (χ1n) is 3.97. The zero-order valence-corrected chi connectivity index (χ0v) is 10.5. The average molecular weight is 274 g/mol. The number of rotatable bonds is 5. The summed E-state index contributed by atoms with van der Waals surface area (Å²) in [4.78, 5) is 0. The van der Waals surface area contributed by atoms with E-state index in [0.717, 1.165) is 5.33 Å². The van der Waals surface area contributed by atoms with Crippen LogP contribution in [-0.4, -0.2) is 31.8 Å². The lowest BCUT2D eigenvalue weighted by Crippen LogP contribution is -2.32. The van der Waals surface area contributed by atoms with Crippen LogP contribution in [0.4, 0.5) is 0 Å². The number of nitrogens with one attached hydrogen (secondary N) is 1. The largest absolute Gasteiger partial charge is 0.301 e. The molecule has 0 aliphatic carbocycles. The molecule has 0 bridgehead atoms. The van der Waals surface area contributed by atoms with Crippen molar-refractivity contribution < 1.29 is 12.6 Å². The molecule has 6 heteroatoms. The van der Waals surface area contributed by atoms with Crippen LogP contribution >= 0.6 is 15.9 Å². The third-order valence-electron chi connectivity index (χ3n) is 0.927. The maximum atomic E-state index is 11.2. The van der Waals surface area contributed by atoms with E-state index >= 15 is 0 Å². The quantitative estimate of drug-likeness (QED) is 0.463. The Hall–Kier alpha value is 0.350. The molecule has 0 aliphatic rings. The fourth-order valence-electron chi connectivity index (χ4n) is 0.674. The molecule has 0 aromatic rings. The molecule has 0 aliphatic heterocycles. The lowest BCUT2D eigenvalue weighted by molar-refractivity contribution is 0.139. The third kappa shape index (κ3) is 8.67. The van der Waals surface area contributed by atoms with Crippen molar-refractivity contribution in [2.45, 2.75) is 26.4 Å². The zero-order valence-electron chi connectivity index (χ0n) is 8.13. The Bertz CT molecular complexity index is 233. The van der Waals surface area contributed by atoms with E-state index in [1.165, 1.54) is 0 Å². The summed E-state index contributed by atoms with van der Waals surface area (Å²) < 4.78 is 27.3. The molecule has 0 atom stereocenters. The van der Waals surface area contributed by atoms with Crippen LogP contribution in [0.1, 0.15) is 20.8 Å². The van der Waals surface area contributed by atoms with E-state index in [-0.39, 0.29) is 5.88 Å². The molecule has 0 heterocycles. The van der Waals surface area contributed by atoms with Gasteiger partial charge in [-0.3, -0.25) is 4.18 Å². The second-order valence-electron chi connectivity index (χ2n) is 3.59. The van der Waals surface area contributed by atoms with Gasteiger partial charge in [-0.2, -0.15) is 8.42 Å². The predicted octanol–water partition coefficient (Wildman–Crippen LogP) is 1.07. The highest BCUT2D eigenvalue weighted by molar-refractivity contribution is 9.09. The zero-order chi connectivity index (χ0) is 10.5. The van der Waals surface area contributed by atoms with E-state index < -0.39 is 15.7 Å². The van der Waals surface area contributed by atoms with Crippen molar-refractivity contribution in [2.24, 2.45) is 0 Å². The molecular weight excluding hydrogens is 258 g/mol. The molecule has 0 amide bonds. The van der Waals surface area contributed by atoms with E-state index in [1.54, 1.807) is 20.8 Å².